The summed E-state index contributed by atoms with van der Waals surface area (Å²) in [5.74, 6) is 0.853. The SMILES string of the molecule is NCC(C1CCCCC1)N1CC2CCC(C1)O2. The first-order chi connectivity index (χ1) is 8.36. The average molecular weight is 238 g/mol. The predicted octanol–water partition coefficient (Wildman–Crippen LogP) is 1.76. The molecule has 3 atom stereocenters. The Morgan fingerprint density at radius 3 is 2.24 bits per heavy atom. The zero-order chi connectivity index (χ0) is 11.7. The largest absolute Gasteiger partial charge is 0.372 e. The number of hydrogen-bond donors (Lipinski definition) is 1. The normalized spacial score (nSPS) is 37.2. The lowest BCUT2D eigenvalue weighted by atomic mass is 9.83. The minimum absolute atomic E-state index is 0.506. The number of rotatable bonds is 3. The predicted molar refractivity (Wildman–Crippen MR) is 68.9 cm³/mol. The fourth-order valence-electron chi connectivity index (χ4n) is 4.08. The minimum atomic E-state index is 0.506. The molecule has 2 bridgehead atoms. The summed E-state index contributed by atoms with van der Waals surface area (Å²) in [6.07, 6.45) is 10.6. The first-order valence-electron chi connectivity index (χ1n) is 7.46. The molecule has 17 heavy (non-hydrogen) atoms. The third kappa shape index (κ3) is 2.51. The zero-order valence-corrected chi connectivity index (χ0v) is 10.8. The van der Waals surface area contributed by atoms with Gasteiger partial charge in [0.15, 0.2) is 0 Å². The van der Waals surface area contributed by atoms with E-state index in [1.807, 2.05) is 0 Å². The lowest BCUT2D eigenvalue weighted by Crippen LogP contribution is -2.53. The smallest absolute Gasteiger partial charge is 0.0707 e. The summed E-state index contributed by atoms with van der Waals surface area (Å²) in [7, 11) is 0. The lowest BCUT2D eigenvalue weighted by molar-refractivity contribution is -0.0618. The second-order valence-electron chi connectivity index (χ2n) is 6.11. The lowest BCUT2D eigenvalue weighted by Gasteiger charge is -2.42. The molecule has 3 rings (SSSR count). The molecule has 3 aliphatic rings. The molecule has 3 unspecified atom stereocenters. The van der Waals surface area contributed by atoms with E-state index < -0.39 is 0 Å². The standard InChI is InChI=1S/C14H26N2O/c15-8-14(11-4-2-1-3-5-11)16-9-12-6-7-13(10-16)17-12/h11-14H,1-10,15H2. The van der Waals surface area contributed by atoms with Gasteiger partial charge in [-0.15, -0.1) is 0 Å². The molecule has 2 N–H and O–H groups in total. The molecule has 3 fully saturated rings. The molecule has 2 heterocycles. The van der Waals surface area contributed by atoms with Crippen LogP contribution in [0.25, 0.3) is 0 Å². The second-order valence-corrected chi connectivity index (χ2v) is 6.11. The molecular formula is C14H26N2O. The molecular weight excluding hydrogens is 212 g/mol. The van der Waals surface area contributed by atoms with Crippen LogP contribution >= 0.6 is 0 Å². The fraction of sp³-hybridized carbons (Fsp3) is 1.00. The van der Waals surface area contributed by atoms with Gasteiger partial charge >= 0.3 is 0 Å². The van der Waals surface area contributed by atoms with Gasteiger partial charge in [-0.05, 0) is 31.6 Å². The molecule has 0 amide bonds. The Bertz CT molecular complexity index is 241. The van der Waals surface area contributed by atoms with Crippen molar-refractivity contribution in [2.75, 3.05) is 19.6 Å². The van der Waals surface area contributed by atoms with Crippen molar-refractivity contribution in [1.29, 1.82) is 0 Å². The van der Waals surface area contributed by atoms with Gasteiger partial charge < -0.3 is 10.5 Å². The molecule has 2 saturated heterocycles. The van der Waals surface area contributed by atoms with Crippen LogP contribution in [0.2, 0.25) is 0 Å². The first kappa shape index (κ1) is 11.9. The van der Waals surface area contributed by atoms with Crippen LogP contribution in [0.4, 0.5) is 0 Å². The quantitative estimate of drug-likeness (QED) is 0.814. The number of nitrogens with zero attached hydrogens (tertiary/aromatic N) is 1. The van der Waals surface area contributed by atoms with E-state index in [0.717, 1.165) is 25.6 Å². The molecule has 2 aliphatic heterocycles. The molecule has 0 aromatic carbocycles. The van der Waals surface area contributed by atoms with Gasteiger partial charge in [-0.25, -0.2) is 0 Å². The Hall–Kier alpha value is -0.120. The van der Waals surface area contributed by atoms with E-state index in [2.05, 4.69) is 4.90 Å². The minimum Gasteiger partial charge on any atom is -0.372 e. The number of ether oxygens (including phenoxy) is 1. The fourth-order valence-corrected chi connectivity index (χ4v) is 4.08. The highest BCUT2D eigenvalue weighted by Gasteiger charge is 2.38. The molecule has 1 aliphatic carbocycles. The molecule has 3 nitrogen and oxygen atoms in total. The van der Waals surface area contributed by atoms with Crippen molar-refractivity contribution in [2.45, 2.75) is 63.2 Å². The van der Waals surface area contributed by atoms with E-state index in [0.29, 0.717) is 18.2 Å². The van der Waals surface area contributed by atoms with Gasteiger partial charge in [0.1, 0.15) is 0 Å². The third-order valence-electron chi connectivity index (χ3n) is 4.98. The van der Waals surface area contributed by atoms with Crippen LogP contribution in [-0.2, 0) is 4.74 Å². The molecule has 98 valence electrons. The van der Waals surface area contributed by atoms with E-state index in [4.69, 9.17) is 10.5 Å². The number of hydrogen-bond acceptors (Lipinski definition) is 3. The highest BCUT2D eigenvalue weighted by molar-refractivity contribution is 4.91. The Labute approximate surface area is 105 Å². The summed E-state index contributed by atoms with van der Waals surface area (Å²) in [5, 5.41) is 0. The molecule has 0 aromatic heterocycles. The Morgan fingerprint density at radius 2 is 1.65 bits per heavy atom. The molecule has 0 radical (unpaired) electrons. The van der Waals surface area contributed by atoms with Crippen molar-refractivity contribution in [1.82, 2.24) is 4.90 Å². The van der Waals surface area contributed by atoms with Gasteiger partial charge in [-0.2, -0.15) is 0 Å². The van der Waals surface area contributed by atoms with Crippen molar-refractivity contribution in [3.63, 3.8) is 0 Å². The summed E-state index contributed by atoms with van der Waals surface area (Å²) >= 11 is 0. The topological polar surface area (TPSA) is 38.5 Å². The van der Waals surface area contributed by atoms with Gasteiger partial charge in [0.05, 0.1) is 12.2 Å². The van der Waals surface area contributed by atoms with E-state index in [1.165, 1.54) is 44.9 Å². The van der Waals surface area contributed by atoms with Gasteiger partial charge in [0, 0.05) is 25.7 Å². The highest BCUT2D eigenvalue weighted by Crippen LogP contribution is 2.33. The van der Waals surface area contributed by atoms with Crippen molar-refractivity contribution in [2.24, 2.45) is 11.7 Å². The van der Waals surface area contributed by atoms with E-state index >= 15 is 0 Å². The number of morpholine rings is 1. The van der Waals surface area contributed by atoms with E-state index in [-0.39, 0.29) is 0 Å². The van der Waals surface area contributed by atoms with Crippen molar-refractivity contribution in [3.05, 3.63) is 0 Å². The highest BCUT2D eigenvalue weighted by atomic mass is 16.5. The number of nitrogens with two attached hydrogens (primary N) is 1. The maximum atomic E-state index is 6.06. The van der Waals surface area contributed by atoms with Gasteiger partial charge in [-0.1, -0.05) is 19.3 Å². The van der Waals surface area contributed by atoms with Crippen LogP contribution < -0.4 is 5.73 Å². The summed E-state index contributed by atoms with van der Waals surface area (Å²) in [4.78, 5) is 2.65. The Morgan fingerprint density at radius 1 is 1.00 bits per heavy atom. The van der Waals surface area contributed by atoms with Gasteiger partial charge in [0.25, 0.3) is 0 Å². The van der Waals surface area contributed by atoms with Crippen LogP contribution in [0.15, 0.2) is 0 Å². The Balaban J connectivity index is 1.63. The summed E-state index contributed by atoms with van der Waals surface area (Å²) in [6, 6.07) is 0.627. The maximum absolute atomic E-state index is 6.06. The maximum Gasteiger partial charge on any atom is 0.0707 e. The summed E-state index contributed by atoms with van der Waals surface area (Å²) in [5.41, 5.74) is 6.06. The van der Waals surface area contributed by atoms with Crippen LogP contribution in [0.1, 0.15) is 44.9 Å². The van der Waals surface area contributed by atoms with Gasteiger partial charge in [-0.3, -0.25) is 4.90 Å². The number of likely N-dealkylation sites (tertiary alicyclic amines) is 1. The molecule has 0 spiro atoms. The monoisotopic (exact) mass is 238 g/mol. The van der Waals surface area contributed by atoms with Gasteiger partial charge in [0.2, 0.25) is 0 Å². The summed E-state index contributed by atoms with van der Waals surface area (Å²) in [6.45, 7) is 3.11. The van der Waals surface area contributed by atoms with Crippen LogP contribution in [0.3, 0.4) is 0 Å². The van der Waals surface area contributed by atoms with Crippen molar-refractivity contribution >= 4 is 0 Å². The molecule has 1 saturated carbocycles. The van der Waals surface area contributed by atoms with E-state index in [1.54, 1.807) is 0 Å². The van der Waals surface area contributed by atoms with Crippen LogP contribution in [-0.4, -0.2) is 42.8 Å². The zero-order valence-electron chi connectivity index (χ0n) is 10.8. The number of fused-ring (bicyclic) bond motifs is 2. The average Bonchev–Trinajstić information content (AvgIpc) is 2.71. The molecule has 3 heteroatoms. The second kappa shape index (κ2) is 5.25. The first-order valence-corrected chi connectivity index (χ1v) is 7.46. The van der Waals surface area contributed by atoms with Crippen LogP contribution in [0, 0.1) is 5.92 Å². The van der Waals surface area contributed by atoms with Crippen molar-refractivity contribution < 1.29 is 4.74 Å². The van der Waals surface area contributed by atoms with Crippen molar-refractivity contribution in [3.8, 4) is 0 Å². The Kier molecular flexibility index (Phi) is 3.69. The van der Waals surface area contributed by atoms with Crippen LogP contribution in [0.5, 0.6) is 0 Å². The summed E-state index contributed by atoms with van der Waals surface area (Å²) < 4.78 is 5.93. The van der Waals surface area contributed by atoms with E-state index in [9.17, 15) is 0 Å². The molecule has 0 aromatic rings. The third-order valence-corrected chi connectivity index (χ3v) is 4.98.